The van der Waals surface area contributed by atoms with Crippen molar-refractivity contribution in [3.8, 4) is 0 Å². The molecule has 5 rings (SSSR count). The number of benzene rings is 2. The molecule has 2 saturated heterocycles. The largest absolute Gasteiger partial charge is 0.344 e. The maximum absolute atomic E-state index is 4.86. The van der Waals surface area contributed by atoms with Crippen molar-refractivity contribution >= 4 is 46.7 Å². The Hall–Kier alpha value is -2.76. The molecule has 0 bridgehead atoms. The van der Waals surface area contributed by atoms with E-state index >= 15 is 0 Å². The molecule has 0 atom stereocenters. The second-order valence-corrected chi connectivity index (χ2v) is 8.04. The van der Waals surface area contributed by atoms with Crippen molar-refractivity contribution < 1.29 is 5.71 Å². The van der Waals surface area contributed by atoms with E-state index in [0.717, 1.165) is 43.8 Å². The fraction of sp³-hybridized carbons (Fsp3) is 0.435. The maximum Gasteiger partial charge on any atom is 0.233 e. The van der Waals surface area contributed by atoms with E-state index in [1.54, 1.807) is 0 Å². The van der Waals surface area contributed by atoms with Gasteiger partial charge in [-0.2, -0.15) is 15.0 Å². The van der Waals surface area contributed by atoms with Crippen LogP contribution in [-0.2, 0) is 0 Å². The first kappa shape index (κ1) is 31.2. The summed E-state index contributed by atoms with van der Waals surface area (Å²) in [4.78, 5) is 19.1. The predicted molar refractivity (Wildman–Crippen MR) is 155 cm³/mol. The van der Waals surface area contributed by atoms with E-state index in [4.69, 9.17) is 15.0 Å². The summed E-state index contributed by atoms with van der Waals surface area (Å²) < 4.78 is 0. The molecule has 2 aliphatic rings. The number of fused-ring (bicyclic) bond motifs is 1. The Morgan fingerprint density at radius 2 is 1.12 bits per heavy atom. The van der Waals surface area contributed by atoms with Gasteiger partial charge in [-0.15, -0.1) is 12.4 Å². The molecule has 2 fully saturated rings. The van der Waals surface area contributed by atoms with Crippen molar-refractivity contribution in [1.82, 2.24) is 39.6 Å². The van der Waals surface area contributed by atoms with Gasteiger partial charge in [0.25, 0.3) is 0 Å². The molecule has 11 heteroatoms. The highest BCUT2D eigenvalue weighted by Gasteiger charge is 2.20. The quantitative estimate of drug-likeness (QED) is 0.253. The molecule has 34 heavy (non-hydrogen) atoms. The van der Waals surface area contributed by atoms with E-state index in [1.807, 2.05) is 0 Å². The molecule has 0 saturated carbocycles. The third-order valence-electron chi connectivity index (χ3n) is 5.90. The van der Waals surface area contributed by atoms with Gasteiger partial charge in [0.2, 0.25) is 17.8 Å². The summed E-state index contributed by atoms with van der Waals surface area (Å²) in [5.74, 6) is 2.25. The van der Waals surface area contributed by atoms with E-state index in [-0.39, 0.29) is 42.7 Å². The molecule has 10 nitrogen and oxygen atoms in total. The van der Waals surface area contributed by atoms with Crippen LogP contribution in [0.15, 0.2) is 42.5 Å². The molecule has 0 radical (unpaired) electrons. The number of anilines is 4. The molecule has 198 valence electrons. The van der Waals surface area contributed by atoms with Crippen LogP contribution in [0.5, 0.6) is 0 Å². The third kappa shape index (κ3) is 7.12. The predicted octanol–water partition coefficient (Wildman–Crippen LogP) is 6.80. The van der Waals surface area contributed by atoms with Crippen molar-refractivity contribution in [3.05, 3.63) is 42.5 Å². The van der Waals surface area contributed by atoms with Gasteiger partial charge < -0.3 is 39.7 Å². The number of nitrogens with one attached hydrogen (secondary N) is 1. The molecule has 3 heterocycles. The molecule has 3 aromatic rings. The molecule has 0 aliphatic carbocycles. The zero-order chi connectivity index (χ0) is 19.5. The van der Waals surface area contributed by atoms with Gasteiger partial charge in [-0.1, -0.05) is 30.3 Å². The minimum atomic E-state index is 0. The van der Waals surface area contributed by atoms with E-state index in [9.17, 15) is 0 Å². The van der Waals surface area contributed by atoms with Crippen LogP contribution in [0.4, 0.5) is 23.5 Å². The van der Waals surface area contributed by atoms with E-state index in [1.165, 1.54) is 49.3 Å². The summed E-state index contributed by atoms with van der Waals surface area (Å²) in [5.41, 5.74) is 1.00. The minimum Gasteiger partial charge on any atom is -0.344 e. The van der Waals surface area contributed by atoms with Gasteiger partial charge in [-0.05, 0) is 61.4 Å². The number of hydrogen-bond acceptors (Lipinski definition) is 10. The fourth-order valence-electron chi connectivity index (χ4n) is 4.28. The van der Waals surface area contributed by atoms with Crippen molar-refractivity contribution in [2.24, 2.45) is 0 Å². The van der Waals surface area contributed by atoms with Crippen LogP contribution in [0.2, 0.25) is 0 Å². The summed E-state index contributed by atoms with van der Waals surface area (Å²) >= 11 is 0. The Morgan fingerprint density at radius 1 is 0.618 bits per heavy atom. The molecule has 13 N–H and O–H groups in total. The first-order valence-electron chi connectivity index (χ1n) is 10.9. The first-order valence-corrected chi connectivity index (χ1v) is 10.9. The summed E-state index contributed by atoms with van der Waals surface area (Å²) in [6.07, 6.45) is 7.41. The van der Waals surface area contributed by atoms with Gasteiger partial charge in [-0.25, -0.2) is 0 Å². The van der Waals surface area contributed by atoms with Gasteiger partial charge in [0.15, 0.2) is 0 Å². The lowest BCUT2D eigenvalue weighted by molar-refractivity contribution is 0.556. The van der Waals surface area contributed by atoms with Crippen LogP contribution in [0, 0.1) is 0 Å². The topological polar surface area (TPSA) is 197 Å². The second-order valence-electron chi connectivity index (χ2n) is 8.04. The second kappa shape index (κ2) is 14.5. The van der Waals surface area contributed by atoms with Gasteiger partial charge in [0.1, 0.15) is 0 Å². The van der Waals surface area contributed by atoms with Gasteiger partial charge in [-0.3, -0.25) is 0 Å². The SMILES string of the molecule is Cl.N.N.N.N.[HH].[HH].[HH].[HH].c1ccc2cc(Nc3nc(N4CCCCC4)nc(N4CCCCC4)n3)ccc2c1. The fourth-order valence-corrected chi connectivity index (χ4v) is 4.28. The highest BCUT2D eigenvalue weighted by molar-refractivity contribution is 5.86. The van der Waals surface area contributed by atoms with Crippen molar-refractivity contribution in [2.75, 3.05) is 41.3 Å². The molecule has 0 unspecified atom stereocenters. The summed E-state index contributed by atoms with van der Waals surface area (Å²) in [6, 6.07) is 14.8. The zero-order valence-corrected chi connectivity index (χ0v) is 20.9. The lowest BCUT2D eigenvalue weighted by Gasteiger charge is -2.30. The van der Waals surface area contributed by atoms with Crippen LogP contribution in [0.3, 0.4) is 0 Å². The average molecular weight is 501 g/mol. The molecule has 1 aromatic heterocycles. The first-order chi connectivity index (χ1) is 14.3. The highest BCUT2D eigenvalue weighted by atomic mass is 35.5. The summed E-state index contributed by atoms with van der Waals surface area (Å²) in [5, 5.41) is 5.88. The Kier molecular flexibility index (Phi) is 13.3. The smallest absolute Gasteiger partial charge is 0.233 e. The van der Waals surface area contributed by atoms with Crippen molar-refractivity contribution in [3.63, 3.8) is 0 Å². The number of hydrogen-bond donors (Lipinski definition) is 5. The monoisotopic (exact) mass is 500 g/mol. The molecular weight excluding hydrogens is 452 g/mol. The Bertz CT molecular complexity index is 973. The number of halogens is 1. The van der Waals surface area contributed by atoms with Gasteiger partial charge >= 0.3 is 0 Å². The van der Waals surface area contributed by atoms with Crippen molar-refractivity contribution in [1.29, 1.82) is 0 Å². The van der Waals surface area contributed by atoms with Gasteiger partial charge in [0, 0.05) is 37.6 Å². The maximum atomic E-state index is 4.86. The number of piperidine rings is 2. The lowest BCUT2D eigenvalue weighted by atomic mass is 10.1. The highest BCUT2D eigenvalue weighted by Crippen LogP contribution is 2.25. The number of aromatic nitrogens is 3. The molecular formula is C23H49ClN10. The van der Waals surface area contributed by atoms with Crippen LogP contribution < -0.4 is 39.7 Å². The molecule has 2 aromatic carbocycles. The van der Waals surface area contributed by atoms with Crippen LogP contribution in [0.25, 0.3) is 10.8 Å². The number of nitrogens with zero attached hydrogens (tertiary/aromatic N) is 5. The van der Waals surface area contributed by atoms with Crippen LogP contribution >= 0.6 is 12.4 Å². The van der Waals surface area contributed by atoms with E-state index < -0.39 is 0 Å². The standard InChI is InChI=1S/C23H28N6.ClH.4H3N.4H2/c1-5-13-28(14-6-1)22-25-21(26-23(27-22)29-15-7-2-8-16-29)24-20-12-11-18-9-3-4-10-19(18)17-20;;;;;;;;;/h3-4,9-12,17H,1-2,5-8,13-16H2,(H,24,25,26,27);1H;4*1H3;4*1H. The normalized spacial score (nSPS) is 14.9. The van der Waals surface area contributed by atoms with E-state index in [0.29, 0.717) is 5.95 Å². The molecule has 0 spiro atoms. The zero-order valence-electron chi connectivity index (χ0n) is 20.1. The Morgan fingerprint density at radius 3 is 1.65 bits per heavy atom. The molecule has 2 aliphatic heterocycles. The average Bonchev–Trinajstić information content (AvgIpc) is 2.80. The third-order valence-corrected chi connectivity index (χ3v) is 5.90. The molecule has 0 amide bonds. The van der Waals surface area contributed by atoms with E-state index in [2.05, 4.69) is 57.6 Å². The summed E-state index contributed by atoms with van der Waals surface area (Å²) in [6.45, 7) is 4.11. The minimum absolute atomic E-state index is 0. The number of rotatable bonds is 4. The summed E-state index contributed by atoms with van der Waals surface area (Å²) in [7, 11) is 0. The van der Waals surface area contributed by atoms with Crippen molar-refractivity contribution in [2.45, 2.75) is 38.5 Å². The van der Waals surface area contributed by atoms with Crippen LogP contribution in [-0.4, -0.2) is 41.1 Å². The lowest BCUT2D eigenvalue weighted by Crippen LogP contribution is -2.34. The van der Waals surface area contributed by atoms with Gasteiger partial charge in [0.05, 0.1) is 0 Å². The Balaban J connectivity index is -0.000000403. The Labute approximate surface area is 214 Å². The van der Waals surface area contributed by atoms with Crippen LogP contribution in [0.1, 0.15) is 44.2 Å².